The molecule has 0 spiro atoms. The smallest absolute Gasteiger partial charge is 0.378 e. The molecule has 0 saturated carbocycles. The Labute approximate surface area is 93.2 Å². The highest BCUT2D eigenvalue weighted by Gasteiger charge is 2.33. The van der Waals surface area contributed by atoms with Crippen LogP contribution in [0.25, 0.3) is 0 Å². The van der Waals surface area contributed by atoms with Gasteiger partial charge in [-0.25, -0.2) is 9.97 Å². The molecule has 1 rings (SSSR count). The second kappa shape index (κ2) is 4.39. The van der Waals surface area contributed by atoms with E-state index in [0.717, 1.165) is 13.4 Å². The third kappa shape index (κ3) is 3.16. The third-order valence-electron chi connectivity index (χ3n) is 1.79. The van der Waals surface area contributed by atoms with Crippen molar-refractivity contribution in [2.45, 2.75) is 6.18 Å². The van der Waals surface area contributed by atoms with Crippen molar-refractivity contribution in [2.24, 2.45) is 0 Å². The van der Waals surface area contributed by atoms with Gasteiger partial charge in [0, 0.05) is 7.05 Å². The van der Waals surface area contributed by atoms with Gasteiger partial charge in [0.2, 0.25) is 11.6 Å². The van der Waals surface area contributed by atoms with E-state index in [1.54, 1.807) is 0 Å². The minimum absolute atomic E-state index is 0.472. The van der Waals surface area contributed by atoms with E-state index in [0.29, 0.717) is 4.90 Å². The lowest BCUT2D eigenvalue weighted by molar-refractivity contribution is -0.383. The zero-order valence-electron chi connectivity index (χ0n) is 8.60. The van der Waals surface area contributed by atoms with Crippen LogP contribution in [0.3, 0.4) is 0 Å². The van der Waals surface area contributed by atoms with Crippen molar-refractivity contribution in [3.05, 3.63) is 16.4 Å². The number of hydrogen-bond donors (Lipinski definition) is 1. The van der Waals surface area contributed by atoms with E-state index in [2.05, 4.69) is 9.97 Å². The van der Waals surface area contributed by atoms with Crippen molar-refractivity contribution in [1.82, 2.24) is 9.97 Å². The maximum Gasteiger partial charge on any atom is 0.405 e. The first-order valence-electron chi connectivity index (χ1n) is 4.25. The Hall–Kier alpha value is -2.13. The van der Waals surface area contributed by atoms with Gasteiger partial charge in [-0.05, 0) is 0 Å². The fraction of sp³-hybridized carbons (Fsp3) is 0.429. The number of nitrogens with zero attached hydrogens (tertiary/aromatic N) is 4. The van der Waals surface area contributed by atoms with E-state index in [1.165, 1.54) is 0 Å². The van der Waals surface area contributed by atoms with Gasteiger partial charge >= 0.3 is 11.9 Å². The molecule has 17 heavy (non-hydrogen) atoms. The van der Waals surface area contributed by atoms with E-state index >= 15 is 0 Å². The van der Waals surface area contributed by atoms with Gasteiger partial charge in [-0.2, -0.15) is 13.2 Å². The minimum atomic E-state index is -4.50. The van der Waals surface area contributed by atoms with Crippen molar-refractivity contribution in [3.63, 3.8) is 0 Å². The molecule has 94 valence electrons. The first-order valence-corrected chi connectivity index (χ1v) is 4.25. The summed E-state index contributed by atoms with van der Waals surface area (Å²) in [5, 5.41) is 10.7. The van der Waals surface area contributed by atoms with Crippen LogP contribution in [0, 0.1) is 10.1 Å². The predicted molar refractivity (Wildman–Crippen MR) is 52.4 cm³/mol. The summed E-state index contributed by atoms with van der Waals surface area (Å²) in [6.45, 7) is -1.37. The second-order valence-corrected chi connectivity index (χ2v) is 3.16. The normalized spacial score (nSPS) is 11.3. The van der Waals surface area contributed by atoms with E-state index in [4.69, 9.17) is 5.73 Å². The van der Waals surface area contributed by atoms with E-state index < -0.39 is 35.0 Å². The molecular formula is C7H8F3N5O2. The number of aromatic nitrogens is 2. The van der Waals surface area contributed by atoms with Crippen molar-refractivity contribution >= 4 is 17.3 Å². The lowest BCUT2D eigenvalue weighted by Crippen LogP contribution is -2.32. The summed E-state index contributed by atoms with van der Waals surface area (Å²) in [6, 6.07) is 0. The van der Waals surface area contributed by atoms with Gasteiger partial charge in [0.15, 0.2) is 0 Å². The van der Waals surface area contributed by atoms with Gasteiger partial charge in [-0.3, -0.25) is 10.1 Å². The molecule has 0 saturated heterocycles. The van der Waals surface area contributed by atoms with Gasteiger partial charge < -0.3 is 10.6 Å². The Morgan fingerprint density at radius 1 is 1.53 bits per heavy atom. The highest BCUT2D eigenvalue weighted by Crippen LogP contribution is 2.30. The summed E-state index contributed by atoms with van der Waals surface area (Å²) in [6.07, 6.45) is -3.63. The summed E-state index contributed by atoms with van der Waals surface area (Å²) in [5.41, 5.74) is 4.49. The standard InChI is InChI=1S/C7H8F3N5O2/c1-14(2-7(8,9)10)6-4(15(16)17)5(11)12-3-13-6/h3H,2H2,1H3,(H2,11,12,13). The molecule has 0 aliphatic heterocycles. The average Bonchev–Trinajstić information content (AvgIpc) is 2.13. The highest BCUT2D eigenvalue weighted by molar-refractivity contribution is 5.68. The Balaban J connectivity index is 3.13. The molecule has 1 heterocycles. The largest absolute Gasteiger partial charge is 0.405 e. The molecule has 0 amide bonds. The fourth-order valence-corrected chi connectivity index (χ4v) is 1.18. The van der Waals surface area contributed by atoms with Crippen molar-refractivity contribution in [3.8, 4) is 0 Å². The number of hydrogen-bond acceptors (Lipinski definition) is 6. The predicted octanol–water partition coefficient (Wildman–Crippen LogP) is 0.965. The van der Waals surface area contributed by atoms with Crippen LogP contribution in [0.2, 0.25) is 0 Å². The lowest BCUT2D eigenvalue weighted by atomic mass is 10.4. The molecule has 0 aromatic carbocycles. The number of anilines is 2. The van der Waals surface area contributed by atoms with Crippen molar-refractivity contribution in [2.75, 3.05) is 24.2 Å². The molecule has 7 nitrogen and oxygen atoms in total. The number of rotatable bonds is 3. The molecule has 0 bridgehead atoms. The number of nitrogen functional groups attached to an aromatic ring is 1. The van der Waals surface area contributed by atoms with Gasteiger partial charge in [-0.1, -0.05) is 0 Å². The van der Waals surface area contributed by atoms with Crippen LogP contribution in [0.1, 0.15) is 0 Å². The van der Waals surface area contributed by atoms with Crippen LogP contribution in [0.4, 0.5) is 30.5 Å². The zero-order valence-corrected chi connectivity index (χ0v) is 8.60. The molecule has 0 unspecified atom stereocenters. The first-order chi connectivity index (χ1) is 7.72. The maximum atomic E-state index is 12.1. The molecule has 0 radical (unpaired) electrons. The van der Waals surface area contributed by atoms with Gasteiger partial charge in [0.1, 0.15) is 12.9 Å². The lowest BCUT2D eigenvalue weighted by Gasteiger charge is -2.19. The Bertz CT molecular complexity index is 436. The molecule has 0 aliphatic carbocycles. The Morgan fingerprint density at radius 2 is 2.12 bits per heavy atom. The molecule has 0 fully saturated rings. The fourth-order valence-electron chi connectivity index (χ4n) is 1.18. The molecule has 0 atom stereocenters. The van der Waals surface area contributed by atoms with Crippen molar-refractivity contribution in [1.29, 1.82) is 0 Å². The van der Waals surface area contributed by atoms with Crippen LogP contribution in [-0.2, 0) is 0 Å². The molecular weight excluding hydrogens is 243 g/mol. The Morgan fingerprint density at radius 3 is 2.59 bits per heavy atom. The van der Waals surface area contributed by atoms with Gasteiger partial charge in [0.25, 0.3) is 0 Å². The summed E-state index contributed by atoms with van der Waals surface area (Å²) in [7, 11) is 1.03. The summed E-state index contributed by atoms with van der Waals surface area (Å²) in [4.78, 5) is 17.1. The third-order valence-corrected chi connectivity index (χ3v) is 1.79. The van der Waals surface area contributed by atoms with Crippen LogP contribution >= 0.6 is 0 Å². The van der Waals surface area contributed by atoms with Crippen LogP contribution in [0.5, 0.6) is 0 Å². The SMILES string of the molecule is CN(CC(F)(F)F)c1ncnc(N)c1[N+](=O)[O-]. The van der Waals surface area contributed by atoms with E-state index in [-0.39, 0.29) is 0 Å². The summed E-state index contributed by atoms with van der Waals surface area (Å²) >= 11 is 0. The van der Waals surface area contributed by atoms with E-state index in [9.17, 15) is 23.3 Å². The highest BCUT2D eigenvalue weighted by atomic mass is 19.4. The van der Waals surface area contributed by atoms with Crippen molar-refractivity contribution < 1.29 is 18.1 Å². The molecule has 1 aromatic heterocycles. The number of nitro groups is 1. The Kier molecular flexibility index (Phi) is 3.34. The van der Waals surface area contributed by atoms with E-state index in [1.807, 2.05) is 0 Å². The van der Waals surface area contributed by atoms with Gasteiger partial charge in [0.05, 0.1) is 4.92 Å². The second-order valence-electron chi connectivity index (χ2n) is 3.16. The number of alkyl halides is 3. The average molecular weight is 251 g/mol. The van der Waals surface area contributed by atoms with Crippen LogP contribution in [-0.4, -0.2) is 34.7 Å². The quantitative estimate of drug-likeness (QED) is 0.634. The molecule has 0 aliphatic rings. The molecule has 2 N–H and O–H groups in total. The minimum Gasteiger partial charge on any atom is -0.378 e. The maximum absolute atomic E-state index is 12.1. The number of nitrogens with two attached hydrogens (primary N) is 1. The molecule has 10 heteroatoms. The van der Waals surface area contributed by atoms with Gasteiger partial charge in [-0.15, -0.1) is 0 Å². The topological polar surface area (TPSA) is 98.2 Å². The summed E-state index contributed by atoms with van der Waals surface area (Å²) < 4.78 is 36.4. The van der Waals surface area contributed by atoms with Crippen LogP contribution < -0.4 is 10.6 Å². The summed E-state index contributed by atoms with van der Waals surface area (Å²) in [5.74, 6) is -0.950. The number of halogens is 3. The monoisotopic (exact) mass is 251 g/mol. The first kappa shape index (κ1) is 12.9. The van der Waals surface area contributed by atoms with Crippen LogP contribution in [0.15, 0.2) is 6.33 Å². The molecule has 1 aromatic rings. The zero-order chi connectivity index (χ0) is 13.2.